The van der Waals surface area contributed by atoms with Gasteiger partial charge >= 0.3 is 0 Å². The van der Waals surface area contributed by atoms with Crippen LogP contribution in [-0.4, -0.2) is 74.6 Å². The van der Waals surface area contributed by atoms with Gasteiger partial charge in [-0.1, -0.05) is 0 Å². The highest BCUT2D eigenvalue weighted by Gasteiger charge is 2.38. The molecule has 10 nitrogen and oxygen atoms in total. The van der Waals surface area contributed by atoms with E-state index < -0.39 is 10.0 Å². The highest BCUT2D eigenvalue weighted by atomic mass is 32.2. The normalized spacial score (nSPS) is 22.5. The lowest BCUT2D eigenvalue weighted by atomic mass is 10.1. The van der Waals surface area contributed by atoms with Gasteiger partial charge in [-0.25, -0.2) is 18.1 Å². The molecule has 0 unspecified atom stereocenters. The minimum atomic E-state index is -3.25. The van der Waals surface area contributed by atoms with Crippen LogP contribution in [0.1, 0.15) is 42.6 Å². The molecular formula is C18H29N5O5S. The molecule has 11 heteroatoms. The van der Waals surface area contributed by atoms with E-state index >= 15 is 0 Å². The van der Waals surface area contributed by atoms with E-state index in [0.29, 0.717) is 18.9 Å². The summed E-state index contributed by atoms with van der Waals surface area (Å²) in [5.74, 6) is 0.328. The molecule has 2 heterocycles. The minimum absolute atomic E-state index is 0.0848. The van der Waals surface area contributed by atoms with E-state index in [1.807, 2.05) is 0 Å². The fraction of sp³-hybridized carbons (Fsp3) is 0.722. The molecule has 2 fully saturated rings. The van der Waals surface area contributed by atoms with Gasteiger partial charge in [0.15, 0.2) is 12.1 Å². The molecule has 1 aliphatic heterocycles. The van der Waals surface area contributed by atoms with Crippen molar-refractivity contribution < 1.29 is 22.4 Å². The van der Waals surface area contributed by atoms with E-state index in [-0.39, 0.29) is 42.7 Å². The number of amides is 2. The average Bonchev–Trinajstić information content (AvgIpc) is 3.15. The number of sulfonamides is 1. The van der Waals surface area contributed by atoms with E-state index in [1.54, 1.807) is 0 Å². The zero-order valence-corrected chi connectivity index (χ0v) is 17.4. The number of carbonyl (C=O) groups is 2. The molecule has 0 bridgehead atoms. The number of nitrogens with zero attached hydrogens (tertiary/aromatic N) is 2. The molecule has 1 aliphatic carbocycles. The summed E-state index contributed by atoms with van der Waals surface area (Å²) >= 11 is 0. The number of oxazole rings is 1. The second-order valence-corrected chi connectivity index (χ2v) is 9.66. The Morgan fingerprint density at radius 2 is 1.93 bits per heavy atom. The Bertz CT molecular complexity index is 794. The number of aromatic nitrogens is 1. The van der Waals surface area contributed by atoms with Gasteiger partial charge < -0.3 is 15.1 Å². The van der Waals surface area contributed by atoms with E-state index in [9.17, 15) is 18.0 Å². The molecule has 1 aromatic rings. The molecule has 2 aliphatic rings. The van der Waals surface area contributed by atoms with Gasteiger partial charge in [-0.3, -0.25) is 14.5 Å². The zero-order chi connectivity index (χ0) is 20.9. The molecule has 0 aromatic carbocycles. The maximum atomic E-state index is 12.3. The maximum absolute atomic E-state index is 12.3. The van der Waals surface area contributed by atoms with Crippen molar-refractivity contribution in [3.63, 3.8) is 0 Å². The first-order chi connectivity index (χ1) is 13.8. The molecular weight excluding hydrogens is 398 g/mol. The summed E-state index contributed by atoms with van der Waals surface area (Å²) in [6.45, 7) is 1.89. The van der Waals surface area contributed by atoms with Crippen LogP contribution < -0.4 is 15.4 Å². The number of hydrogen-bond donors (Lipinski definition) is 3. The summed E-state index contributed by atoms with van der Waals surface area (Å²) in [7, 11) is -3.25. The lowest BCUT2D eigenvalue weighted by molar-refractivity contribution is -0.122. The van der Waals surface area contributed by atoms with Crippen LogP contribution in [0.25, 0.3) is 0 Å². The van der Waals surface area contributed by atoms with Gasteiger partial charge in [0.1, 0.15) is 6.26 Å². The largest absolute Gasteiger partial charge is 0.451 e. The molecule has 1 saturated heterocycles. The molecule has 2 atom stereocenters. The van der Waals surface area contributed by atoms with Gasteiger partial charge in [0.05, 0.1) is 6.26 Å². The maximum Gasteiger partial charge on any atom is 0.273 e. The molecule has 1 aromatic heterocycles. The van der Waals surface area contributed by atoms with Crippen molar-refractivity contribution in [2.75, 3.05) is 32.4 Å². The van der Waals surface area contributed by atoms with Gasteiger partial charge in [-0.2, -0.15) is 0 Å². The topological polar surface area (TPSA) is 134 Å². The van der Waals surface area contributed by atoms with Gasteiger partial charge in [0, 0.05) is 44.7 Å². The molecule has 0 spiro atoms. The Kier molecular flexibility index (Phi) is 7.25. The van der Waals surface area contributed by atoms with Crippen LogP contribution in [0.2, 0.25) is 0 Å². The van der Waals surface area contributed by atoms with E-state index in [4.69, 9.17) is 4.42 Å². The van der Waals surface area contributed by atoms with Crippen molar-refractivity contribution in [3.8, 4) is 0 Å². The van der Waals surface area contributed by atoms with Gasteiger partial charge in [0.25, 0.3) is 5.91 Å². The van der Waals surface area contributed by atoms with E-state index in [2.05, 4.69) is 25.2 Å². The van der Waals surface area contributed by atoms with Crippen LogP contribution in [0.3, 0.4) is 0 Å². The third kappa shape index (κ3) is 7.09. The van der Waals surface area contributed by atoms with Gasteiger partial charge in [-0.05, 0) is 31.6 Å². The van der Waals surface area contributed by atoms with Crippen LogP contribution in [0.15, 0.2) is 17.1 Å². The van der Waals surface area contributed by atoms with Crippen LogP contribution in [-0.2, 0) is 14.8 Å². The smallest absolute Gasteiger partial charge is 0.273 e. The second kappa shape index (κ2) is 9.68. The zero-order valence-electron chi connectivity index (χ0n) is 16.6. The fourth-order valence-corrected chi connectivity index (χ4v) is 4.17. The Hall–Kier alpha value is -1.98. The van der Waals surface area contributed by atoms with Crippen LogP contribution in [0, 0.1) is 5.92 Å². The first-order valence-corrected chi connectivity index (χ1v) is 11.8. The third-order valence-corrected chi connectivity index (χ3v) is 6.06. The Morgan fingerprint density at radius 3 is 2.59 bits per heavy atom. The summed E-state index contributed by atoms with van der Waals surface area (Å²) in [5, 5.41) is 5.69. The standard InChI is InChI=1S/C18H29N5O5S/c1-29(26,27)22-7-6-19-17(24)8-14-4-5-15(23(14)10-13-2-3-13)9-20-18(25)16-11-28-12-21-16/h11-15,22H,2-10H2,1H3,(H,19,24)(H,20,25)/t14-,15+/m1/s1. The lowest BCUT2D eigenvalue weighted by Gasteiger charge is -2.30. The predicted molar refractivity (Wildman–Crippen MR) is 106 cm³/mol. The summed E-state index contributed by atoms with van der Waals surface area (Å²) < 4.78 is 29.3. The van der Waals surface area contributed by atoms with Crippen LogP contribution >= 0.6 is 0 Å². The van der Waals surface area contributed by atoms with Crippen LogP contribution in [0.5, 0.6) is 0 Å². The highest BCUT2D eigenvalue weighted by Crippen LogP contribution is 2.35. The van der Waals surface area contributed by atoms with Gasteiger partial charge in [-0.15, -0.1) is 0 Å². The van der Waals surface area contributed by atoms with Crippen molar-refractivity contribution in [1.29, 1.82) is 0 Å². The van der Waals surface area contributed by atoms with Gasteiger partial charge in [0.2, 0.25) is 15.9 Å². The third-order valence-electron chi connectivity index (χ3n) is 5.33. The molecule has 3 N–H and O–H groups in total. The predicted octanol–water partition coefficient (Wildman–Crippen LogP) is -0.297. The van der Waals surface area contributed by atoms with E-state index in [0.717, 1.165) is 25.6 Å². The lowest BCUT2D eigenvalue weighted by Crippen LogP contribution is -2.46. The molecule has 29 heavy (non-hydrogen) atoms. The van der Waals surface area contributed by atoms with Crippen molar-refractivity contribution in [2.24, 2.45) is 5.92 Å². The molecule has 162 valence electrons. The number of nitrogens with one attached hydrogen (secondary N) is 3. The average molecular weight is 428 g/mol. The summed E-state index contributed by atoms with van der Waals surface area (Å²) in [4.78, 5) is 30.6. The first kappa shape index (κ1) is 21.7. The highest BCUT2D eigenvalue weighted by molar-refractivity contribution is 7.88. The molecule has 1 saturated carbocycles. The minimum Gasteiger partial charge on any atom is -0.451 e. The number of rotatable bonds is 11. The summed E-state index contributed by atoms with van der Waals surface area (Å²) in [6, 6.07) is 0.323. The van der Waals surface area contributed by atoms with Crippen molar-refractivity contribution in [1.82, 2.24) is 25.2 Å². The molecule has 0 radical (unpaired) electrons. The van der Waals surface area contributed by atoms with Crippen molar-refractivity contribution >= 4 is 21.8 Å². The first-order valence-electron chi connectivity index (χ1n) is 9.95. The Labute approximate surface area is 170 Å². The fourth-order valence-electron chi connectivity index (χ4n) is 3.70. The number of carbonyl (C=O) groups excluding carboxylic acids is 2. The van der Waals surface area contributed by atoms with E-state index in [1.165, 1.54) is 25.5 Å². The van der Waals surface area contributed by atoms with Crippen molar-refractivity contribution in [3.05, 3.63) is 18.4 Å². The molecule has 2 amide bonds. The van der Waals surface area contributed by atoms with Crippen LogP contribution in [0.4, 0.5) is 0 Å². The monoisotopic (exact) mass is 427 g/mol. The SMILES string of the molecule is CS(=O)(=O)NCCNC(=O)C[C@H]1CC[C@@H](CNC(=O)c2cocn2)N1CC1CC1. The quantitative estimate of drug-likeness (QED) is 0.413. The Balaban J connectivity index is 1.46. The summed E-state index contributed by atoms with van der Waals surface area (Å²) in [6.07, 6.45) is 8.24. The van der Waals surface area contributed by atoms with Crippen molar-refractivity contribution in [2.45, 2.75) is 44.2 Å². The summed E-state index contributed by atoms with van der Waals surface area (Å²) in [5.41, 5.74) is 0.260. The molecule has 3 rings (SSSR count). The number of hydrogen-bond acceptors (Lipinski definition) is 7. The number of likely N-dealkylation sites (tertiary alicyclic amines) is 1. The second-order valence-electron chi connectivity index (χ2n) is 7.83. The Morgan fingerprint density at radius 1 is 1.17 bits per heavy atom.